The highest BCUT2D eigenvalue weighted by Crippen LogP contribution is 2.39. The van der Waals surface area contributed by atoms with Crippen molar-refractivity contribution in [3.05, 3.63) is 29.3 Å². The minimum atomic E-state index is 0.276. The SMILES string of the molecule is COc1cccc(-c2nc(CN3CC(C)OCC3C)cs2)c1OC. The van der Waals surface area contributed by atoms with Crippen LogP contribution in [0.25, 0.3) is 10.6 Å². The maximum absolute atomic E-state index is 5.70. The molecule has 1 fully saturated rings. The molecule has 2 heterocycles. The van der Waals surface area contributed by atoms with Gasteiger partial charge in [-0.25, -0.2) is 4.98 Å². The third-order valence-electron chi connectivity index (χ3n) is 4.29. The minimum Gasteiger partial charge on any atom is -0.493 e. The molecule has 2 unspecified atom stereocenters. The molecule has 5 nitrogen and oxygen atoms in total. The van der Waals surface area contributed by atoms with Gasteiger partial charge in [-0.15, -0.1) is 11.3 Å². The molecule has 2 atom stereocenters. The molecule has 6 heteroatoms. The Kier molecular flexibility index (Phi) is 5.38. The predicted molar refractivity (Wildman–Crippen MR) is 95.9 cm³/mol. The van der Waals surface area contributed by atoms with Crippen molar-refractivity contribution in [3.63, 3.8) is 0 Å². The average Bonchev–Trinajstić information content (AvgIpc) is 3.05. The number of ether oxygens (including phenoxy) is 3. The highest BCUT2D eigenvalue weighted by molar-refractivity contribution is 7.13. The monoisotopic (exact) mass is 348 g/mol. The van der Waals surface area contributed by atoms with Crippen molar-refractivity contribution in [2.24, 2.45) is 0 Å². The van der Waals surface area contributed by atoms with Gasteiger partial charge < -0.3 is 14.2 Å². The van der Waals surface area contributed by atoms with Gasteiger partial charge in [0.25, 0.3) is 0 Å². The van der Waals surface area contributed by atoms with Gasteiger partial charge in [0, 0.05) is 24.5 Å². The Labute approximate surface area is 147 Å². The smallest absolute Gasteiger partial charge is 0.170 e. The molecule has 1 aliphatic heterocycles. The van der Waals surface area contributed by atoms with Crippen LogP contribution < -0.4 is 9.47 Å². The first-order valence-corrected chi connectivity index (χ1v) is 9.01. The van der Waals surface area contributed by atoms with Crippen molar-refractivity contribution in [1.29, 1.82) is 0 Å². The summed E-state index contributed by atoms with van der Waals surface area (Å²) in [5, 5.41) is 3.08. The van der Waals surface area contributed by atoms with Crippen molar-refractivity contribution >= 4 is 11.3 Å². The number of benzene rings is 1. The van der Waals surface area contributed by atoms with E-state index in [0.29, 0.717) is 6.04 Å². The molecule has 1 aliphatic rings. The number of hydrogen-bond donors (Lipinski definition) is 0. The molecule has 1 saturated heterocycles. The molecule has 0 radical (unpaired) electrons. The molecule has 0 saturated carbocycles. The summed E-state index contributed by atoms with van der Waals surface area (Å²) in [6.45, 7) is 6.88. The number of methoxy groups -OCH3 is 2. The van der Waals surface area contributed by atoms with E-state index in [1.165, 1.54) is 0 Å². The van der Waals surface area contributed by atoms with E-state index in [9.17, 15) is 0 Å². The largest absolute Gasteiger partial charge is 0.493 e. The molecule has 0 bridgehead atoms. The van der Waals surface area contributed by atoms with Gasteiger partial charge >= 0.3 is 0 Å². The Balaban J connectivity index is 1.81. The normalized spacial score (nSPS) is 21.7. The molecule has 1 aromatic carbocycles. The minimum absolute atomic E-state index is 0.276. The summed E-state index contributed by atoms with van der Waals surface area (Å²) >= 11 is 1.64. The van der Waals surface area contributed by atoms with Gasteiger partial charge in [0.15, 0.2) is 11.5 Å². The Morgan fingerprint density at radius 1 is 1.29 bits per heavy atom. The van der Waals surface area contributed by atoms with Crippen LogP contribution in [0.5, 0.6) is 11.5 Å². The van der Waals surface area contributed by atoms with Crippen LogP contribution in [0.2, 0.25) is 0 Å². The van der Waals surface area contributed by atoms with Crippen LogP contribution in [-0.2, 0) is 11.3 Å². The number of rotatable bonds is 5. The van der Waals surface area contributed by atoms with E-state index in [-0.39, 0.29) is 6.10 Å². The zero-order valence-corrected chi connectivity index (χ0v) is 15.4. The first kappa shape index (κ1) is 17.2. The lowest BCUT2D eigenvalue weighted by Gasteiger charge is -2.36. The average molecular weight is 348 g/mol. The highest BCUT2D eigenvalue weighted by atomic mass is 32.1. The summed E-state index contributed by atoms with van der Waals surface area (Å²) < 4.78 is 16.6. The van der Waals surface area contributed by atoms with Crippen molar-refractivity contribution in [3.8, 4) is 22.1 Å². The molecule has 3 rings (SSSR count). The van der Waals surface area contributed by atoms with Crippen LogP contribution in [0, 0.1) is 0 Å². The Morgan fingerprint density at radius 3 is 2.88 bits per heavy atom. The Bertz CT molecular complexity index is 689. The number of nitrogens with zero attached hydrogens (tertiary/aromatic N) is 2. The van der Waals surface area contributed by atoms with Gasteiger partial charge in [0.1, 0.15) is 5.01 Å². The second kappa shape index (κ2) is 7.51. The second-order valence-electron chi connectivity index (χ2n) is 6.11. The van der Waals surface area contributed by atoms with Gasteiger partial charge in [-0.1, -0.05) is 6.07 Å². The summed E-state index contributed by atoms with van der Waals surface area (Å²) in [5.41, 5.74) is 2.05. The van der Waals surface area contributed by atoms with Gasteiger partial charge in [-0.3, -0.25) is 4.90 Å². The Hall–Kier alpha value is -1.63. The lowest BCUT2D eigenvalue weighted by Crippen LogP contribution is -2.46. The standard InChI is InChI=1S/C18H24N2O3S/c1-12-10-23-13(2)8-20(12)9-14-11-24-18(19-14)15-6-5-7-16(21-3)17(15)22-4/h5-7,11-13H,8-10H2,1-4H3. The molecular formula is C18H24N2O3S. The second-order valence-corrected chi connectivity index (χ2v) is 6.97. The summed E-state index contributed by atoms with van der Waals surface area (Å²) in [6.07, 6.45) is 0.276. The third kappa shape index (κ3) is 3.55. The van der Waals surface area contributed by atoms with Crippen LogP contribution in [-0.4, -0.2) is 49.4 Å². The van der Waals surface area contributed by atoms with Crippen LogP contribution in [0.4, 0.5) is 0 Å². The molecule has 24 heavy (non-hydrogen) atoms. The maximum Gasteiger partial charge on any atom is 0.170 e. The lowest BCUT2D eigenvalue weighted by atomic mass is 10.2. The summed E-state index contributed by atoms with van der Waals surface area (Å²) in [5.74, 6) is 1.46. The zero-order valence-electron chi connectivity index (χ0n) is 14.6. The van der Waals surface area contributed by atoms with E-state index in [4.69, 9.17) is 19.2 Å². The van der Waals surface area contributed by atoms with E-state index in [0.717, 1.165) is 47.5 Å². The number of hydrogen-bond acceptors (Lipinski definition) is 6. The third-order valence-corrected chi connectivity index (χ3v) is 5.21. The van der Waals surface area contributed by atoms with Crippen molar-refractivity contribution in [2.75, 3.05) is 27.4 Å². The lowest BCUT2D eigenvalue weighted by molar-refractivity contribution is -0.0530. The van der Waals surface area contributed by atoms with Crippen LogP contribution in [0.1, 0.15) is 19.5 Å². The van der Waals surface area contributed by atoms with Crippen molar-refractivity contribution in [2.45, 2.75) is 32.5 Å². The van der Waals surface area contributed by atoms with Crippen molar-refractivity contribution < 1.29 is 14.2 Å². The molecule has 2 aromatic rings. The van der Waals surface area contributed by atoms with Gasteiger partial charge in [0.05, 0.1) is 38.2 Å². The van der Waals surface area contributed by atoms with E-state index in [1.54, 1.807) is 25.6 Å². The fraction of sp³-hybridized carbons (Fsp3) is 0.500. The number of morpholine rings is 1. The molecular weight excluding hydrogens is 324 g/mol. The molecule has 0 spiro atoms. The first-order valence-electron chi connectivity index (χ1n) is 8.13. The van der Waals surface area contributed by atoms with Crippen LogP contribution in [0.15, 0.2) is 23.6 Å². The fourth-order valence-corrected chi connectivity index (χ4v) is 3.79. The summed E-state index contributed by atoms with van der Waals surface area (Å²) in [6, 6.07) is 6.29. The van der Waals surface area contributed by atoms with Crippen LogP contribution in [0.3, 0.4) is 0 Å². The topological polar surface area (TPSA) is 43.8 Å². The zero-order chi connectivity index (χ0) is 17.1. The van der Waals surface area contributed by atoms with Gasteiger partial charge in [-0.2, -0.15) is 0 Å². The van der Waals surface area contributed by atoms with Gasteiger partial charge in [0.2, 0.25) is 0 Å². The number of para-hydroxylation sites is 1. The highest BCUT2D eigenvalue weighted by Gasteiger charge is 2.24. The summed E-state index contributed by atoms with van der Waals surface area (Å²) in [4.78, 5) is 7.24. The fourth-order valence-electron chi connectivity index (χ4n) is 2.96. The van der Waals surface area contributed by atoms with Gasteiger partial charge in [-0.05, 0) is 26.0 Å². The van der Waals surface area contributed by atoms with E-state index in [1.807, 2.05) is 18.2 Å². The molecule has 1 aromatic heterocycles. The predicted octanol–water partition coefficient (Wildman–Crippen LogP) is 3.44. The molecule has 0 N–H and O–H groups in total. The number of thiazole rings is 1. The summed E-state index contributed by atoms with van der Waals surface area (Å²) in [7, 11) is 3.31. The number of aromatic nitrogens is 1. The van der Waals surface area contributed by atoms with Crippen molar-refractivity contribution in [1.82, 2.24) is 9.88 Å². The quantitative estimate of drug-likeness (QED) is 0.828. The maximum atomic E-state index is 5.70. The first-order chi connectivity index (χ1) is 11.6. The van der Waals surface area contributed by atoms with E-state index < -0.39 is 0 Å². The Morgan fingerprint density at radius 2 is 2.12 bits per heavy atom. The molecule has 0 aliphatic carbocycles. The van der Waals surface area contributed by atoms with E-state index in [2.05, 4.69) is 24.1 Å². The van der Waals surface area contributed by atoms with Crippen LogP contribution >= 0.6 is 11.3 Å². The van der Waals surface area contributed by atoms with E-state index >= 15 is 0 Å². The molecule has 0 amide bonds. The molecule has 130 valence electrons.